The summed E-state index contributed by atoms with van der Waals surface area (Å²) in [5.41, 5.74) is 5.83. The van der Waals surface area contributed by atoms with Crippen molar-refractivity contribution in [3.8, 4) is 11.3 Å². The third-order valence-electron chi connectivity index (χ3n) is 2.78. The Morgan fingerprint density at radius 2 is 1.77 bits per heavy atom. The predicted molar refractivity (Wildman–Crippen MR) is 79.0 cm³/mol. The van der Waals surface area contributed by atoms with Gasteiger partial charge in [0.1, 0.15) is 10.6 Å². The SMILES string of the molecule is O=C(NNC(=O)c1snnc1-c1ccccc1)c1ccco1. The molecule has 2 aromatic heterocycles. The number of carbonyl (C=O) groups is 2. The molecule has 3 aromatic rings. The van der Waals surface area contributed by atoms with Crippen LogP contribution in [0.3, 0.4) is 0 Å². The van der Waals surface area contributed by atoms with E-state index in [1.165, 1.54) is 12.3 Å². The topological polar surface area (TPSA) is 97.1 Å². The van der Waals surface area contributed by atoms with Crippen molar-refractivity contribution in [2.75, 3.05) is 0 Å². The number of carbonyl (C=O) groups excluding carboxylic acids is 2. The number of hydrogen-bond donors (Lipinski definition) is 2. The van der Waals surface area contributed by atoms with Crippen LogP contribution in [-0.4, -0.2) is 21.4 Å². The van der Waals surface area contributed by atoms with Crippen molar-refractivity contribution in [3.63, 3.8) is 0 Å². The molecule has 0 unspecified atom stereocenters. The van der Waals surface area contributed by atoms with Gasteiger partial charge in [-0.3, -0.25) is 20.4 Å². The van der Waals surface area contributed by atoms with Crippen LogP contribution in [0.4, 0.5) is 0 Å². The molecule has 8 heteroatoms. The van der Waals surface area contributed by atoms with E-state index in [4.69, 9.17) is 4.42 Å². The molecule has 22 heavy (non-hydrogen) atoms. The smallest absolute Gasteiger partial charge is 0.305 e. The maximum absolute atomic E-state index is 12.1. The maximum Gasteiger partial charge on any atom is 0.305 e. The van der Waals surface area contributed by atoms with Crippen molar-refractivity contribution in [1.82, 2.24) is 20.4 Å². The molecule has 0 fully saturated rings. The molecule has 2 N–H and O–H groups in total. The molecule has 0 bridgehead atoms. The fourth-order valence-corrected chi connectivity index (χ4v) is 2.35. The summed E-state index contributed by atoms with van der Waals surface area (Å²) >= 11 is 0.954. The second kappa shape index (κ2) is 6.19. The number of aromatic nitrogens is 2. The van der Waals surface area contributed by atoms with Gasteiger partial charge in [-0.25, -0.2) is 0 Å². The highest BCUT2D eigenvalue weighted by molar-refractivity contribution is 7.08. The van der Waals surface area contributed by atoms with Crippen molar-refractivity contribution < 1.29 is 14.0 Å². The maximum atomic E-state index is 12.1. The summed E-state index contributed by atoms with van der Waals surface area (Å²) in [5.74, 6) is -0.933. The first-order valence-electron chi connectivity index (χ1n) is 6.27. The van der Waals surface area contributed by atoms with Gasteiger partial charge in [0, 0.05) is 5.56 Å². The summed E-state index contributed by atoms with van der Waals surface area (Å²) in [5, 5.41) is 3.96. The molecule has 0 aliphatic carbocycles. The van der Waals surface area contributed by atoms with E-state index in [2.05, 4.69) is 20.4 Å². The fourth-order valence-electron chi connectivity index (χ4n) is 1.76. The van der Waals surface area contributed by atoms with Crippen LogP contribution in [-0.2, 0) is 0 Å². The third-order valence-corrected chi connectivity index (χ3v) is 3.50. The van der Waals surface area contributed by atoms with E-state index in [9.17, 15) is 9.59 Å². The first kappa shape index (κ1) is 14.0. The Balaban J connectivity index is 1.71. The third kappa shape index (κ3) is 2.86. The predicted octanol–water partition coefficient (Wildman–Crippen LogP) is 1.87. The molecular weight excluding hydrogens is 304 g/mol. The Bertz CT molecular complexity index is 784. The van der Waals surface area contributed by atoms with Crippen molar-refractivity contribution in [1.29, 1.82) is 0 Å². The summed E-state index contributed by atoms with van der Waals surface area (Å²) in [4.78, 5) is 24.1. The standard InChI is InChI=1S/C14H10N4O3S/c19-13(10-7-4-8-21-10)16-17-14(20)12-11(15-18-22-12)9-5-2-1-3-6-9/h1-8H,(H,16,19)(H,17,20). The summed E-state index contributed by atoms with van der Waals surface area (Å²) in [6.45, 7) is 0. The number of nitrogens with one attached hydrogen (secondary N) is 2. The van der Waals surface area contributed by atoms with Gasteiger partial charge in [-0.2, -0.15) is 0 Å². The highest BCUT2D eigenvalue weighted by atomic mass is 32.1. The monoisotopic (exact) mass is 314 g/mol. The minimum Gasteiger partial charge on any atom is -0.459 e. The lowest BCUT2D eigenvalue weighted by Gasteiger charge is -2.05. The number of benzene rings is 1. The van der Waals surface area contributed by atoms with Gasteiger partial charge in [-0.15, -0.1) is 5.10 Å². The lowest BCUT2D eigenvalue weighted by molar-refractivity contribution is 0.0833. The van der Waals surface area contributed by atoms with Gasteiger partial charge in [0.2, 0.25) is 0 Å². The van der Waals surface area contributed by atoms with Crippen LogP contribution >= 0.6 is 11.5 Å². The van der Waals surface area contributed by atoms with E-state index in [-0.39, 0.29) is 5.76 Å². The number of hydrogen-bond acceptors (Lipinski definition) is 6. The van der Waals surface area contributed by atoms with Crippen LogP contribution in [0, 0.1) is 0 Å². The largest absolute Gasteiger partial charge is 0.459 e. The zero-order valence-corrected chi connectivity index (χ0v) is 12.0. The van der Waals surface area contributed by atoms with Crippen LogP contribution < -0.4 is 10.9 Å². The molecule has 0 atom stereocenters. The lowest BCUT2D eigenvalue weighted by Crippen LogP contribution is -2.41. The Labute approximate surface area is 129 Å². The van der Waals surface area contributed by atoms with Gasteiger partial charge >= 0.3 is 5.91 Å². The van der Waals surface area contributed by atoms with Crippen molar-refractivity contribution >= 4 is 23.3 Å². The van der Waals surface area contributed by atoms with Gasteiger partial charge in [0.05, 0.1) is 6.26 Å². The fraction of sp³-hybridized carbons (Fsp3) is 0. The Morgan fingerprint density at radius 3 is 2.50 bits per heavy atom. The van der Waals surface area contributed by atoms with Crippen molar-refractivity contribution in [3.05, 3.63) is 59.4 Å². The van der Waals surface area contributed by atoms with E-state index >= 15 is 0 Å². The van der Waals surface area contributed by atoms with Crippen LogP contribution in [0.25, 0.3) is 11.3 Å². The number of nitrogens with zero attached hydrogens (tertiary/aromatic N) is 2. The van der Waals surface area contributed by atoms with Crippen LogP contribution in [0.2, 0.25) is 0 Å². The van der Waals surface area contributed by atoms with Gasteiger partial charge in [-0.1, -0.05) is 34.8 Å². The molecule has 1 aromatic carbocycles. The summed E-state index contributed by atoms with van der Waals surface area (Å²) in [7, 11) is 0. The molecular formula is C14H10N4O3S. The summed E-state index contributed by atoms with van der Waals surface area (Å²) in [6, 6.07) is 12.3. The van der Waals surface area contributed by atoms with E-state index in [0.717, 1.165) is 17.1 Å². The molecule has 0 saturated carbocycles. The first-order valence-corrected chi connectivity index (χ1v) is 7.05. The zero-order chi connectivity index (χ0) is 15.4. The van der Waals surface area contributed by atoms with Crippen molar-refractivity contribution in [2.45, 2.75) is 0 Å². The minimum absolute atomic E-state index is 0.103. The quantitative estimate of drug-likeness (QED) is 0.719. The normalized spacial score (nSPS) is 10.2. The van der Waals surface area contributed by atoms with E-state index < -0.39 is 11.8 Å². The summed E-state index contributed by atoms with van der Waals surface area (Å²) in [6.07, 6.45) is 1.37. The molecule has 0 radical (unpaired) electrons. The van der Waals surface area contributed by atoms with Crippen LogP contribution in [0.15, 0.2) is 53.1 Å². The number of amides is 2. The molecule has 7 nitrogen and oxygen atoms in total. The van der Waals surface area contributed by atoms with Gasteiger partial charge in [0.15, 0.2) is 5.76 Å². The zero-order valence-electron chi connectivity index (χ0n) is 11.1. The van der Waals surface area contributed by atoms with Gasteiger partial charge in [0.25, 0.3) is 5.91 Å². The molecule has 3 rings (SSSR count). The lowest BCUT2D eigenvalue weighted by atomic mass is 10.1. The molecule has 2 amide bonds. The average Bonchev–Trinajstić information content (AvgIpc) is 3.24. The van der Waals surface area contributed by atoms with E-state index in [1.54, 1.807) is 6.07 Å². The average molecular weight is 314 g/mol. The molecule has 0 saturated heterocycles. The molecule has 2 heterocycles. The minimum atomic E-state index is -0.544. The second-order valence-electron chi connectivity index (χ2n) is 4.20. The molecule has 0 aliphatic heterocycles. The molecule has 110 valence electrons. The summed E-state index contributed by atoms with van der Waals surface area (Å²) < 4.78 is 8.72. The Hall–Kier alpha value is -3.00. The molecule has 0 spiro atoms. The van der Waals surface area contributed by atoms with Crippen LogP contribution in [0.1, 0.15) is 20.2 Å². The first-order chi connectivity index (χ1) is 10.8. The van der Waals surface area contributed by atoms with Gasteiger partial charge < -0.3 is 4.42 Å². The Morgan fingerprint density at radius 1 is 1.00 bits per heavy atom. The second-order valence-corrected chi connectivity index (χ2v) is 4.96. The van der Waals surface area contributed by atoms with Crippen molar-refractivity contribution in [2.24, 2.45) is 0 Å². The Kier molecular flexibility index (Phi) is 3.92. The van der Waals surface area contributed by atoms with E-state index in [0.29, 0.717) is 10.6 Å². The highest BCUT2D eigenvalue weighted by Gasteiger charge is 2.18. The molecule has 0 aliphatic rings. The number of furan rings is 1. The van der Waals surface area contributed by atoms with Crippen LogP contribution in [0.5, 0.6) is 0 Å². The number of hydrazine groups is 1. The number of rotatable bonds is 3. The van der Waals surface area contributed by atoms with Gasteiger partial charge in [-0.05, 0) is 23.7 Å². The highest BCUT2D eigenvalue weighted by Crippen LogP contribution is 2.23. The van der Waals surface area contributed by atoms with E-state index in [1.807, 2.05) is 30.3 Å².